The Morgan fingerprint density at radius 2 is 1.95 bits per heavy atom. The first-order valence-corrected chi connectivity index (χ1v) is 8.24. The standard InChI is InChI=1S/C16H26F3NO2/c1-11(2)14-8-12(6-7-22-14)9-15(21)20(10-16(17,18)19)13-4-3-5-13/h11-14H,3-10H2,1-2H3/t12-,14-/m0/s1. The molecule has 2 atom stereocenters. The summed E-state index contributed by atoms with van der Waals surface area (Å²) in [5, 5.41) is 0. The van der Waals surface area contributed by atoms with Gasteiger partial charge in [-0.3, -0.25) is 4.79 Å². The van der Waals surface area contributed by atoms with Gasteiger partial charge < -0.3 is 9.64 Å². The Hall–Kier alpha value is -0.780. The number of alkyl halides is 3. The molecule has 1 heterocycles. The molecule has 2 aliphatic rings. The Morgan fingerprint density at radius 1 is 1.27 bits per heavy atom. The Bertz CT molecular complexity index is 380. The third kappa shape index (κ3) is 4.86. The second-order valence-corrected chi connectivity index (χ2v) is 6.97. The van der Waals surface area contributed by atoms with Crippen molar-refractivity contribution in [1.29, 1.82) is 0 Å². The Labute approximate surface area is 130 Å². The van der Waals surface area contributed by atoms with Crippen molar-refractivity contribution in [2.45, 2.75) is 70.7 Å². The summed E-state index contributed by atoms with van der Waals surface area (Å²) in [7, 11) is 0. The van der Waals surface area contributed by atoms with Crippen molar-refractivity contribution in [3.8, 4) is 0 Å². The highest BCUT2D eigenvalue weighted by Gasteiger charge is 2.39. The molecule has 128 valence electrons. The predicted octanol–water partition coefficient (Wildman–Crippen LogP) is 3.77. The van der Waals surface area contributed by atoms with Gasteiger partial charge in [0, 0.05) is 19.1 Å². The minimum Gasteiger partial charge on any atom is -0.378 e. The molecule has 0 bridgehead atoms. The summed E-state index contributed by atoms with van der Waals surface area (Å²) in [6.07, 6.45) is -0.132. The molecule has 1 amide bonds. The Kier molecular flexibility index (Phi) is 5.75. The molecule has 1 aliphatic heterocycles. The number of rotatable bonds is 5. The van der Waals surface area contributed by atoms with Gasteiger partial charge in [-0.25, -0.2) is 0 Å². The second kappa shape index (κ2) is 7.20. The molecule has 3 nitrogen and oxygen atoms in total. The van der Waals surface area contributed by atoms with Crippen molar-refractivity contribution in [2.24, 2.45) is 11.8 Å². The fourth-order valence-corrected chi connectivity index (χ4v) is 3.23. The summed E-state index contributed by atoms with van der Waals surface area (Å²) in [5.41, 5.74) is 0. The molecule has 0 aromatic rings. The number of ether oxygens (including phenoxy) is 1. The van der Waals surface area contributed by atoms with Gasteiger partial charge in [0.25, 0.3) is 0 Å². The largest absolute Gasteiger partial charge is 0.406 e. The van der Waals surface area contributed by atoms with Crippen LogP contribution in [0, 0.1) is 11.8 Å². The summed E-state index contributed by atoms with van der Waals surface area (Å²) in [4.78, 5) is 13.5. The summed E-state index contributed by atoms with van der Waals surface area (Å²) < 4.78 is 43.8. The van der Waals surface area contributed by atoms with E-state index in [-0.39, 0.29) is 30.4 Å². The second-order valence-electron chi connectivity index (χ2n) is 6.97. The zero-order chi connectivity index (χ0) is 16.3. The highest BCUT2D eigenvalue weighted by Crippen LogP contribution is 2.32. The highest BCUT2D eigenvalue weighted by atomic mass is 19.4. The Morgan fingerprint density at radius 3 is 2.45 bits per heavy atom. The molecule has 1 saturated carbocycles. The van der Waals surface area contributed by atoms with E-state index in [1.807, 2.05) is 0 Å². The van der Waals surface area contributed by atoms with Crippen LogP contribution in [0.4, 0.5) is 13.2 Å². The summed E-state index contributed by atoms with van der Waals surface area (Å²) >= 11 is 0. The lowest BCUT2D eigenvalue weighted by atomic mass is 9.86. The minimum absolute atomic E-state index is 0.117. The van der Waals surface area contributed by atoms with Gasteiger partial charge in [0.2, 0.25) is 5.91 Å². The van der Waals surface area contributed by atoms with E-state index in [1.165, 1.54) is 0 Å². The van der Waals surface area contributed by atoms with Gasteiger partial charge in [0.15, 0.2) is 0 Å². The van der Waals surface area contributed by atoms with Crippen LogP contribution in [0.25, 0.3) is 0 Å². The lowest BCUT2D eigenvalue weighted by molar-refractivity contribution is -0.170. The van der Waals surface area contributed by atoms with E-state index in [9.17, 15) is 18.0 Å². The van der Waals surface area contributed by atoms with Gasteiger partial charge in [-0.05, 0) is 43.9 Å². The molecule has 2 rings (SSSR count). The Balaban J connectivity index is 1.92. The zero-order valence-corrected chi connectivity index (χ0v) is 13.4. The first kappa shape index (κ1) is 17.6. The summed E-state index contributed by atoms with van der Waals surface area (Å²) in [6.45, 7) is 3.63. The molecule has 22 heavy (non-hydrogen) atoms. The SMILES string of the molecule is CC(C)[C@@H]1C[C@@H](CC(=O)N(CC(F)(F)F)C2CCC2)CCO1. The van der Waals surface area contributed by atoms with Crippen LogP contribution >= 0.6 is 0 Å². The van der Waals surface area contributed by atoms with E-state index in [2.05, 4.69) is 13.8 Å². The molecule has 1 saturated heterocycles. The van der Waals surface area contributed by atoms with E-state index in [1.54, 1.807) is 0 Å². The molecule has 0 radical (unpaired) electrons. The number of nitrogens with zero attached hydrogens (tertiary/aromatic N) is 1. The maximum Gasteiger partial charge on any atom is 0.406 e. The van der Waals surface area contributed by atoms with Crippen LogP contribution in [0.5, 0.6) is 0 Å². The maximum absolute atomic E-state index is 12.7. The van der Waals surface area contributed by atoms with E-state index < -0.39 is 12.7 Å². The molecule has 2 fully saturated rings. The van der Waals surface area contributed by atoms with Gasteiger partial charge >= 0.3 is 6.18 Å². The smallest absolute Gasteiger partial charge is 0.378 e. The third-order valence-corrected chi connectivity index (χ3v) is 4.82. The van der Waals surface area contributed by atoms with Crippen molar-refractivity contribution < 1.29 is 22.7 Å². The van der Waals surface area contributed by atoms with E-state index in [0.29, 0.717) is 25.4 Å². The number of carbonyl (C=O) groups is 1. The molecule has 0 spiro atoms. The van der Waals surface area contributed by atoms with Crippen molar-refractivity contribution in [2.75, 3.05) is 13.2 Å². The third-order valence-electron chi connectivity index (χ3n) is 4.82. The summed E-state index contributed by atoms with van der Waals surface area (Å²) in [5.74, 6) is 0.178. The van der Waals surface area contributed by atoms with Crippen molar-refractivity contribution in [3.05, 3.63) is 0 Å². The number of amides is 1. The molecular weight excluding hydrogens is 295 g/mol. The maximum atomic E-state index is 12.7. The van der Waals surface area contributed by atoms with E-state index in [4.69, 9.17) is 4.74 Å². The van der Waals surface area contributed by atoms with Crippen LogP contribution in [0.15, 0.2) is 0 Å². The average Bonchev–Trinajstić information content (AvgIpc) is 2.34. The molecule has 0 unspecified atom stereocenters. The minimum atomic E-state index is -4.32. The summed E-state index contributed by atoms with van der Waals surface area (Å²) in [6, 6.07) is -0.213. The first-order chi connectivity index (χ1) is 10.3. The first-order valence-electron chi connectivity index (χ1n) is 8.24. The fraction of sp³-hybridized carbons (Fsp3) is 0.938. The molecule has 1 aliphatic carbocycles. The van der Waals surface area contributed by atoms with Gasteiger partial charge in [-0.15, -0.1) is 0 Å². The van der Waals surface area contributed by atoms with E-state index >= 15 is 0 Å². The average molecular weight is 321 g/mol. The monoisotopic (exact) mass is 321 g/mol. The van der Waals surface area contributed by atoms with Gasteiger partial charge in [-0.1, -0.05) is 13.8 Å². The molecular formula is C16H26F3NO2. The highest BCUT2D eigenvalue weighted by molar-refractivity contribution is 5.77. The predicted molar refractivity (Wildman–Crippen MR) is 77.3 cm³/mol. The van der Waals surface area contributed by atoms with Crippen molar-refractivity contribution in [1.82, 2.24) is 4.90 Å². The topological polar surface area (TPSA) is 29.5 Å². The van der Waals surface area contributed by atoms with Gasteiger partial charge in [0.05, 0.1) is 6.10 Å². The van der Waals surface area contributed by atoms with Crippen LogP contribution in [-0.2, 0) is 9.53 Å². The van der Waals surface area contributed by atoms with Crippen molar-refractivity contribution in [3.63, 3.8) is 0 Å². The van der Waals surface area contributed by atoms with Crippen LogP contribution in [0.3, 0.4) is 0 Å². The van der Waals surface area contributed by atoms with Crippen molar-refractivity contribution >= 4 is 5.91 Å². The molecule has 0 aromatic heterocycles. The van der Waals surface area contributed by atoms with Crippen LogP contribution in [-0.4, -0.2) is 42.3 Å². The fourth-order valence-electron chi connectivity index (χ4n) is 3.23. The number of carbonyl (C=O) groups excluding carboxylic acids is 1. The normalized spacial score (nSPS) is 26.8. The van der Waals surface area contributed by atoms with Crippen LogP contribution in [0.1, 0.15) is 52.4 Å². The number of halogens is 3. The molecule has 6 heteroatoms. The lowest BCUT2D eigenvalue weighted by Gasteiger charge is -2.39. The molecule has 0 aromatic carbocycles. The quantitative estimate of drug-likeness (QED) is 0.771. The lowest BCUT2D eigenvalue weighted by Crippen LogP contribution is -2.49. The van der Waals surface area contributed by atoms with Gasteiger partial charge in [-0.2, -0.15) is 13.2 Å². The number of hydrogen-bond donors (Lipinski definition) is 0. The van der Waals surface area contributed by atoms with Crippen LogP contribution < -0.4 is 0 Å². The number of hydrogen-bond acceptors (Lipinski definition) is 2. The van der Waals surface area contributed by atoms with Crippen LogP contribution in [0.2, 0.25) is 0 Å². The van der Waals surface area contributed by atoms with E-state index in [0.717, 1.165) is 24.2 Å². The van der Waals surface area contributed by atoms with Gasteiger partial charge in [0.1, 0.15) is 6.54 Å². The molecule has 0 N–H and O–H groups in total. The zero-order valence-electron chi connectivity index (χ0n) is 13.4.